The second-order valence-electron chi connectivity index (χ2n) is 5.87. The van der Waals surface area contributed by atoms with Crippen LogP contribution in [-0.4, -0.2) is 29.2 Å². The molecule has 0 unspecified atom stereocenters. The van der Waals surface area contributed by atoms with E-state index in [2.05, 4.69) is 16.4 Å². The van der Waals surface area contributed by atoms with E-state index >= 15 is 0 Å². The van der Waals surface area contributed by atoms with E-state index in [0.29, 0.717) is 16.3 Å². The van der Waals surface area contributed by atoms with Crippen molar-refractivity contribution in [2.24, 2.45) is 0 Å². The molecule has 0 aliphatic heterocycles. The van der Waals surface area contributed by atoms with Gasteiger partial charge in [0.15, 0.2) is 6.61 Å². The summed E-state index contributed by atoms with van der Waals surface area (Å²) in [5.41, 5.74) is 2.07. The SMILES string of the molecule is Cc1nc(-c2ccccc2)sc1C(=O)OCC(=O)Nc1ccccc1SCC#N. The Morgan fingerprint density at radius 1 is 1.17 bits per heavy atom. The van der Waals surface area contributed by atoms with Crippen molar-refractivity contribution < 1.29 is 14.3 Å². The van der Waals surface area contributed by atoms with Crippen LogP contribution < -0.4 is 5.32 Å². The third-order valence-corrected chi connectivity index (χ3v) is 5.92. The Bertz CT molecular complexity index is 1060. The molecule has 8 heteroatoms. The predicted octanol–water partition coefficient (Wildman–Crippen LogP) is 4.53. The first-order valence-corrected chi connectivity index (χ1v) is 10.5. The van der Waals surface area contributed by atoms with E-state index in [1.54, 1.807) is 19.1 Å². The summed E-state index contributed by atoms with van der Waals surface area (Å²) in [6.07, 6.45) is 0. The summed E-state index contributed by atoms with van der Waals surface area (Å²) in [4.78, 5) is 30.2. The predicted molar refractivity (Wildman–Crippen MR) is 114 cm³/mol. The summed E-state index contributed by atoms with van der Waals surface area (Å²) in [7, 11) is 0. The summed E-state index contributed by atoms with van der Waals surface area (Å²) < 4.78 is 5.17. The van der Waals surface area contributed by atoms with Crippen LogP contribution in [0.3, 0.4) is 0 Å². The van der Waals surface area contributed by atoms with E-state index in [4.69, 9.17) is 10.00 Å². The second kappa shape index (κ2) is 9.87. The van der Waals surface area contributed by atoms with E-state index in [9.17, 15) is 9.59 Å². The fraction of sp³-hybridized carbons (Fsp3) is 0.143. The van der Waals surface area contributed by atoms with Gasteiger partial charge in [0.2, 0.25) is 0 Å². The topological polar surface area (TPSA) is 92.1 Å². The number of nitriles is 1. The third-order valence-electron chi connectivity index (χ3n) is 3.79. The van der Waals surface area contributed by atoms with E-state index in [1.807, 2.05) is 42.5 Å². The van der Waals surface area contributed by atoms with E-state index in [-0.39, 0.29) is 5.75 Å². The number of rotatable bonds is 7. The molecule has 1 N–H and O–H groups in total. The van der Waals surface area contributed by atoms with Crippen molar-refractivity contribution in [3.8, 4) is 16.6 Å². The maximum Gasteiger partial charge on any atom is 0.350 e. The summed E-state index contributed by atoms with van der Waals surface area (Å²) in [6, 6.07) is 18.8. The van der Waals surface area contributed by atoms with Crippen molar-refractivity contribution in [2.75, 3.05) is 17.7 Å². The van der Waals surface area contributed by atoms with E-state index in [1.165, 1.54) is 23.1 Å². The van der Waals surface area contributed by atoms with Gasteiger partial charge in [-0.15, -0.1) is 23.1 Å². The molecule has 1 amide bonds. The molecule has 6 nitrogen and oxygen atoms in total. The van der Waals surface area contributed by atoms with Crippen LogP contribution in [-0.2, 0) is 9.53 Å². The number of nitrogens with one attached hydrogen (secondary N) is 1. The van der Waals surface area contributed by atoms with E-state index < -0.39 is 18.5 Å². The number of anilines is 1. The van der Waals surface area contributed by atoms with Gasteiger partial charge in [0.25, 0.3) is 5.91 Å². The van der Waals surface area contributed by atoms with Crippen LogP contribution in [0.25, 0.3) is 10.6 Å². The number of thiazole rings is 1. The molecule has 1 aromatic heterocycles. The minimum Gasteiger partial charge on any atom is -0.451 e. The van der Waals surface area contributed by atoms with E-state index in [0.717, 1.165) is 15.5 Å². The van der Waals surface area contributed by atoms with Crippen LogP contribution in [0.4, 0.5) is 5.69 Å². The Labute approximate surface area is 176 Å². The summed E-state index contributed by atoms with van der Waals surface area (Å²) in [5, 5.41) is 12.2. The number of nitrogens with zero attached hydrogens (tertiary/aromatic N) is 2. The number of carbonyl (C=O) groups excluding carboxylic acids is 2. The van der Waals surface area contributed by atoms with Gasteiger partial charge in [-0.2, -0.15) is 5.26 Å². The molecule has 3 rings (SSSR count). The number of para-hydroxylation sites is 1. The minimum atomic E-state index is -0.579. The minimum absolute atomic E-state index is 0.274. The van der Waals surface area contributed by atoms with Gasteiger partial charge in [0.05, 0.1) is 23.2 Å². The fourth-order valence-corrected chi connectivity index (χ4v) is 4.11. The van der Waals surface area contributed by atoms with Crippen LogP contribution in [0.15, 0.2) is 59.5 Å². The number of thioether (sulfide) groups is 1. The zero-order valence-electron chi connectivity index (χ0n) is 15.5. The Kier molecular flexibility index (Phi) is 7.00. The zero-order valence-corrected chi connectivity index (χ0v) is 17.2. The molecule has 0 fully saturated rings. The number of hydrogen-bond acceptors (Lipinski definition) is 7. The van der Waals surface area contributed by atoms with Crippen LogP contribution in [0.1, 0.15) is 15.4 Å². The van der Waals surface area contributed by atoms with Crippen LogP contribution in [0, 0.1) is 18.3 Å². The standard InChI is InChI=1S/C21H17N3O3S2/c1-14-19(29-20(23-14)15-7-3-2-4-8-15)21(26)27-13-18(25)24-16-9-5-6-10-17(16)28-12-11-22/h2-10H,12-13H2,1H3,(H,24,25). The molecule has 1 heterocycles. The molecule has 0 radical (unpaired) electrons. The lowest BCUT2D eigenvalue weighted by molar-refractivity contribution is -0.119. The number of ether oxygens (including phenoxy) is 1. The van der Waals surface area contributed by atoms with Gasteiger partial charge < -0.3 is 10.1 Å². The normalized spacial score (nSPS) is 10.2. The molecule has 146 valence electrons. The van der Waals surface area contributed by atoms with Crippen molar-refractivity contribution in [1.82, 2.24) is 4.98 Å². The van der Waals surface area contributed by atoms with Crippen LogP contribution in [0.5, 0.6) is 0 Å². The number of amides is 1. The Balaban J connectivity index is 1.61. The summed E-state index contributed by atoms with van der Waals surface area (Å²) in [6.45, 7) is 1.33. The van der Waals surface area contributed by atoms with Crippen molar-refractivity contribution in [3.05, 3.63) is 65.2 Å². The number of hydrogen-bond donors (Lipinski definition) is 1. The molecule has 0 atom stereocenters. The van der Waals surface area contributed by atoms with Crippen molar-refractivity contribution in [3.63, 3.8) is 0 Å². The van der Waals surface area contributed by atoms with Gasteiger partial charge in [-0.1, -0.05) is 42.5 Å². The number of carbonyl (C=O) groups is 2. The van der Waals surface area contributed by atoms with Gasteiger partial charge in [-0.25, -0.2) is 9.78 Å². The first kappa shape index (κ1) is 20.6. The monoisotopic (exact) mass is 423 g/mol. The smallest absolute Gasteiger partial charge is 0.350 e. The fourth-order valence-electron chi connectivity index (χ4n) is 2.48. The molecule has 0 saturated carbocycles. The number of aromatic nitrogens is 1. The first-order valence-electron chi connectivity index (χ1n) is 8.67. The van der Waals surface area contributed by atoms with Crippen molar-refractivity contribution in [1.29, 1.82) is 5.26 Å². The lowest BCUT2D eigenvalue weighted by Gasteiger charge is -2.09. The lowest BCUT2D eigenvalue weighted by atomic mass is 10.2. The van der Waals surface area contributed by atoms with Gasteiger partial charge in [-0.05, 0) is 19.1 Å². The third kappa shape index (κ3) is 5.44. The molecular formula is C21H17N3O3S2. The maximum absolute atomic E-state index is 12.4. The Hall–Kier alpha value is -3.15. The Morgan fingerprint density at radius 2 is 1.90 bits per heavy atom. The van der Waals surface area contributed by atoms with Crippen molar-refractivity contribution in [2.45, 2.75) is 11.8 Å². The average Bonchev–Trinajstić information content (AvgIpc) is 3.14. The largest absolute Gasteiger partial charge is 0.451 e. The molecule has 0 aliphatic carbocycles. The van der Waals surface area contributed by atoms with Gasteiger partial charge in [0, 0.05) is 10.5 Å². The maximum atomic E-state index is 12.4. The molecule has 0 bridgehead atoms. The highest BCUT2D eigenvalue weighted by Gasteiger charge is 2.19. The molecule has 29 heavy (non-hydrogen) atoms. The second-order valence-corrected chi connectivity index (χ2v) is 7.88. The molecule has 0 saturated heterocycles. The van der Waals surface area contributed by atoms with Gasteiger partial charge in [0.1, 0.15) is 9.88 Å². The number of benzene rings is 2. The quantitative estimate of drug-likeness (QED) is 0.443. The molecule has 0 spiro atoms. The average molecular weight is 424 g/mol. The van der Waals surface area contributed by atoms with Crippen molar-refractivity contribution >= 4 is 40.7 Å². The summed E-state index contributed by atoms with van der Waals surface area (Å²) in [5.74, 6) is -0.755. The van der Waals surface area contributed by atoms with Crippen LogP contribution in [0.2, 0.25) is 0 Å². The highest BCUT2D eigenvalue weighted by molar-refractivity contribution is 7.99. The summed E-state index contributed by atoms with van der Waals surface area (Å²) >= 11 is 2.56. The number of aryl methyl sites for hydroxylation is 1. The first-order chi connectivity index (χ1) is 14.1. The highest BCUT2D eigenvalue weighted by Crippen LogP contribution is 2.28. The Morgan fingerprint density at radius 3 is 2.66 bits per heavy atom. The zero-order chi connectivity index (χ0) is 20.6. The van der Waals surface area contributed by atoms with Gasteiger partial charge in [-0.3, -0.25) is 4.79 Å². The van der Waals surface area contributed by atoms with Crippen LogP contribution >= 0.6 is 23.1 Å². The molecular weight excluding hydrogens is 406 g/mol. The number of esters is 1. The van der Waals surface area contributed by atoms with Gasteiger partial charge >= 0.3 is 5.97 Å². The molecule has 0 aliphatic rings. The molecule has 3 aromatic rings. The highest BCUT2D eigenvalue weighted by atomic mass is 32.2. The lowest BCUT2D eigenvalue weighted by Crippen LogP contribution is -2.21. The molecule has 2 aromatic carbocycles.